The molecular weight excluding hydrogens is 286 g/mol. The molecule has 19 heavy (non-hydrogen) atoms. The molecule has 0 aliphatic carbocycles. The summed E-state index contributed by atoms with van der Waals surface area (Å²) in [5, 5.41) is 16.3. The molecule has 1 atom stereocenters. The van der Waals surface area contributed by atoms with Crippen molar-refractivity contribution < 1.29 is 9.90 Å². The molecule has 0 fully saturated rings. The fourth-order valence-corrected chi connectivity index (χ4v) is 2.36. The summed E-state index contributed by atoms with van der Waals surface area (Å²) in [6.07, 6.45) is 0.519. The minimum Gasteiger partial charge on any atom is -0.480 e. The average molecular weight is 298 g/mol. The predicted molar refractivity (Wildman–Crippen MR) is 74.4 cm³/mol. The average Bonchev–Trinajstić information content (AvgIpc) is 2.85. The number of H-pyrrole nitrogens is 1. The normalized spacial score (nSPS) is 12.3. The first-order valence-corrected chi connectivity index (χ1v) is 6.93. The van der Waals surface area contributed by atoms with Crippen molar-refractivity contribution >= 4 is 29.3 Å². The number of aromatic amines is 1. The summed E-state index contributed by atoms with van der Waals surface area (Å²) < 4.78 is 0. The van der Waals surface area contributed by atoms with Gasteiger partial charge in [-0.05, 0) is 30.7 Å². The van der Waals surface area contributed by atoms with Crippen molar-refractivity contribution in [1.29, 1.82) is 0 Å². The van der Waals surface area contributed by atoms with Gasteiger partial charge in [0.25, 0.3) is 0 Å². The van der Waals surface area contributed by atoms with E-state index in [9.17, 15) is 4.79 Å². The molecule has 1 unspecified atom stereocenters. The molecule has 0 aliphatic rings. The highest BCUT2D eigenvalue weighted by molar-refractivity contribution is 8.00. The zero-order valence-corrected chi connectivity index (χ0v) is 11.7. The standard InChI is InChI=1S/C12H12ClN3O2S/c1-2-9(11(17)18)19-12-14-10(15-16-12)7-3-5-8(13)6-4-7/h3-6,9H,2H2,1H3,(H,17,18)(H,14,15,16). The molecule has 0 saturated heterocycles. The molecule has 0 bridgehead atoms. The molecular formula is C12H12ClN3O2S. The fourth-order valence-electron chi connectivity index (χ4n) is 1.47. The van der Waals surface area contributed by atoms with Crippen LogP contribution < -0.4 is 0 Å². The number of aromatic nitrogens is 3. The number of hydrogen-bond donors (Lipinski definition) is 2. The van der Waals surface area contributed by atoms with Gasteiger partial charge in [-0.3, -0.25) is 9.89 Å². The Labute approximate surface area is 119 Å². The molecule has 2 rings (SSSR count). The molecule has 1 aromatic heterocycles. The molecule has 0 aliphatic heterocycles. The Balaban J connectivity index is 2.15. The van der Waals surface area contributed by atoms with Gasteiger partial charge in [0, 0.05) is 10.6 Å². The highest BCUT2D eigenvalue weighted by Gasteiger charge is 2.19. The van der Waals surface area contributed by atoms with E-state index in [-0.39, 0.29) is 0 Å². The highest BCUT2D eigenvalue weighted by Crippen LogP contribution is 2.25. The van der Waals surface area contributed by atoms with E-state index in [1.165, 1.54) is 0 Å². The second-order valence-corrected chi connectivity index (χ2v) is 5.43. The second-order valence-electron chi connectivity index (χ2n) is 3.83. The van der Waals surface area contributed by atoms with Gasteiger partial charge < -0.3 is 5.11 Å². The zero-order valence-electron chi connectivity index (χ0n) is 10.1. The van der Waals surface area contributed by atoms with Gasteiger partial charge in [-0.1, -0.05) is 30.3 Å². The predicted octanol–water partition coefficient (Wildman–Crippen LogP) is 3.08. The lowest BCUT2D eigenvalue weighted by atomic mass is 10.2. The number of benzene rings is 1. The number of halogens is 1. The third-order valence-electron chi connectivity index (χ3n) is 2.48. The molecule has 0 amide bonds. The fraction of sp³-hybridized carbons (Fsp3) is 0.250. The quantitative estimate of drug-likeness (QED) is 0.829. The molecule has 1 heterocycles. The van der Waals surface area contributed by atoms with Crippen LogP contribution in [-0.4, -0.2) is 31.5 Å². The van der Waals surface area contributed by atoms with Crippen molar-refractivity contribution in [3.63, 3.8) is 0 Å². The third-order valence-corrected chi connectivity index (χ3v) is 3.94. The topological polar surface area (TPSA) is 78.9 Å². The largest absolute Gasteiger partial charge is 0.480 e. The monoisotopic (exact) mass is 297 g/mol. The number of hydrogen-bond acceptors (Lipinski definition) is 4. The summed E-state index contributed by atoms with van der Waals surface area (Å²) in [4.78, 5) is 15.2. The third kappa shape index (κ3) is 3.48. The van der Waals surface area contributed by atoms with Crippen molar-refractivity contribution in [2.45, 2.75) is 23.8 Å². The van der Waals surface area contributed by atoms with Crippen LogP contribution in [0.5, 0.6) is 0 Å². The van der Waals surface area contributed by atoms with Crippen LogP contribution in [0.1, 0.15) is 13.3 Å². The summed E-state index contributed by atoms with van der Waals surface area (Å²) in [6, 6.07) is 7.17. The maximum absolute atomic E-state index is 10.9. The Morgan fingerprint density at radius 3 is 2.74 bits per heavy atom. The Morgan fingerprint density at radius 1 is 1.47 bits per heavy atom. The lowest BCUT2D eigenvalue weighted by Crippen LogP contribution is -2.14. The lowest BCUT2D eigenvalue weighted by Gasteiger charge is -2.04. The van der Waals surface area contributed by atoms with Crippen LogP contribution in [0.4, 0.5) is 0 Å². The van der Waals surface area contributed by atoms with E-state index in [2.05, 4.69) is 15.2 Å². The van der Waals surface area contributed by atoms with E-state index in [4.69, 9.17) is 16.7 Å². The molecule has 100 valence electrons. The second kappa shape index (κ2) is 6.08. The van der Waals surface area contributed by atoms with Gasteiger partial charge in [-0.2, -0.15) is 0 Å². The van der Waals surface area contributed by atoms with Crippen LogP contribution in [-0.2, 0) is 4.79 Å². The zero-order chi connectivity index (χ0) is 13.8. The van der Waals surface area contributed by atoms with Crippen LogP contribution >= 0.6 is 23.4 Å². The number of nitrogens with zero attached hydrogens (tertiary/aromatic N) is 2. The first-order valence-electron chi connectivity index (χ1n) is 5.68. The van der Waals surface area contributed by atoms with E-state index >= 15 is 0 Å². The van der Waals surface area contributed by atoms with Crippen molar-refractivity contribution in [1.82, 2.24) is 15.2 Å². The van der Waals surface area contributed by atoms with Crippen LogP contribution in [0, 0.1) is 0 Å². The minimum atomic E-state index is -0.856. The molecule has 7 heteroatoms. The van der Waals surface area contributed by atoms with Gasteiger partial charge in [0.1, 0.15) is 5.25 Å². The maximum atomic E-state index is 10.9. The SMILES string of the molecule is CCC(Sc1n[nH]c(-c2ccc(Cl)cc2)n1)C(=O)O. The molecule has 0 spiro atoms. The number of thioether (sulfide) groups is 1. The van der Waals surface area contributed by atoms with Gasteiger partial charge in [0.15, 0.2) is 5.82 Å². The maximum Gasteiger partial charge on any atom is 0.317 e. The van der Waals surface area contributed by atoms with Gasteiger partial charge >= 0.3 is 5.97 Å². The lowest BCUT2D eigenvalue weighted by molar-refractivity contribution is -0.136. The first-order chi connectivity index (χ1) is 9.10. The first kappa shape index (κ1) is 13.9. The number of aliphatic carboxylic acids is 1. The Kier molecular flexibility index (Phi) is 4.44. The summed E-state index contributed by atoms with van der Waals surface area (Å²) in [5.74, 6) is -0.259. The molecule has 2 N–H and O–H groups in total. The van der Waals surface area contributed by atoms with E-state index in [1.807, 2.05) is 19.1 Å². The summed E-state index contributed by atoms with van der Waals surface area (Å²) in [6.45, 7) is 1.82. The Hall–Kier alpha value is -1.53. The molecule has 1 aromatic carbocycles. The highest BCUT2D eigenvalue weighted by atomic mass is 35.5. The van der Waals surface area contributed by atoms with E-state index in [1.54, 1.807) is 12.1 Å². The Bertz CT molecular complexity index is 571. The van der Waals surface area contributed by atoms with E-state index in [0.717, 1.165) is 17.3 Å². The van der Waals surface area contributed by atoms with Crippen LogP contribution in [0.25, 0.3) is 11.4 Å². The molecule has 0 radical (unpaired) electrons. The van der Waals surface area contributed by atoms with Gasteiger partial charge in [0.05, 0.1) is 0 Å². The van der Waals surface area contributed by atoms with Gasteiger partial charge in [-0.25, -0.2) is 4.98 Å². The summed E-state index contributed by atoms with van der Waals surface area (Å²) in [7, 11) is 0. The van der Waals surface area contributed by atoms with Crippen LogP contribution in [0.2, 0.25) is 5.02 Å². The number of carboxylic acids is 1. The van der Waals surface area contributed by atoms with E-state index < -0.39 is 11.2 Å². The molecule has 0 saturated carbocycles. The van der Waals surface area contributed by atoms with Crippen molar-refractivity contribution in [2.24, 2.45) is 0 Å². The summed E-state index contributed by atoms with van der Waals surface area (Å²) in [5.41, 5.74) is 0.854. The smallest absolute Gasteiger partial charge is 0.317 e. The Morgan fingerprint density at radius 2 is 2.16 bits per heavy atom. The number of nitrogens with one attached hydrogen (secondary N) is 1. The summed E-state index contributed by atoms with van der Waals surface area (Å²) >= 11 is 6.95. The van der Waals surface area contributed by atoms with Crippen molar-refractivity contribution in [3.8, 4) is 11.4 Å². The minimum absolute atomic E-state index is 0.430. The number of rotatable bonds is 5. The van der Waals surface area contributed by atoms with Crippen molar-refractivity contribution in [2.75, 3.05) is 0 Å². The van der Waals surface area contributed by atoms with E-state index in [0.29, 0.717) is 22.4 Å². The number of carboxylic acid groups (broad SMARTS) is 1. The molecule has 5 nitrogen and oxygen atoms in total. The molecule has 2 aromatic rings. The van der Waals surface area contributed by atoms with Gasteiger partial charge in [-0.15, -0.1) is 5.10 Å². The van der Waals surface area contributed by atoms with Gasteiger partial charge in [0.2, 0.25) is 5.16 Å². The van der Waals surface area contributed by atoms with Crippen molar-refractivity contribution in [3.05, 3.63) is 29.3 Å². The number of carbonyl (C=O) groups is 1. The van der Waals surface area contributed by atoms with Crippen LogP contribution in [0.15, 0.2) is 29.4 Å². The van der Waals surface area contributed by atoms with Crippen LogP contribution in [0.3, 0.4) is 0 Å².